The van der Waals surface area contributed by atoms with Gasteiger partial charge in [-0.25, -0.2) is 0 Å². The van der Waals surface area contributed by atoms with Gasteiger partial charge in [0.2, 0.25) is 0 Å². The first-order chi connectivity index (χ1) is 9.97. The van der Waals surface area contributed by atoms with Crippen molar-refractivity contribution in [1.82, 2.24) is 0 Å². The van der Waals surface area contributed by atoms with E-state index in [9.17, 15) is 4.79 Å². The molecule has 0 atom stereocenters. The van der Waals surface area contributed by atoms with Gasteiger partial charge in [0.05, 0.1) is 5.39 Å². The van der Waals surface area contributed by atoms with Gasteiger partial charge in [0.1, 0.15) is 11.3 Å². The van der Waals surface area contributed by atoms with Gasteiger partial charge in [-0.15, -0.1) is 0 Å². The monoisotopic (exact) mass is 342 g/mol. The van der Waals surface area contributed by atoms with Crippen LogP contribution in [0.3, 0.4) is 0 Å². The van der Waals surface area contributed by atoms with E-state index in [0.29, 0.717) is 16.7 Å². The molecule has 0 aliphatic rings. The smallest absolute Gasteiger partial charge is 0.193 e. The highest BCUT2D eigenvalue weighted by Crippen LogP contribution is 2.29. The van der Waals surface area contributed by atoms with Crippen LogP contribution in [0.4, 0.5) is 0 Å². The minimum absolute atomic E-state index is 0.0230. The molecule has 0 spiro atoms. The number of aryl methyl sites for hydroxylation is 1. The summed E-state index contributed by atoms with van der Waals surface area (Å²) in [5.41, 5.74) is 5.17. The lowest BCUT2D eigenvalue weighted by atomic mass is 9.97. The summed E-state index contributed by atoms with van der Waals surface area (Å²) in [5.74, 6) is 0.621. The van der Waals surface area contributed by atoms with E-state index < -0.39 is 0 Å². The number of rotatable bonds is 1. The fourth-order valence-electron chi connectivity index (χ4n) is 2.48. The summed E-state index contributed by atoms with van der Waals surface area (Å²) < 4.78 is 6.81. The van der Waals surface area contributed by atoms with Crippen LogP contribution in [0, 0.1) is 20.8 Å². The minimum atomic E-state index is -0.0230. The molecular formula is C18H15BrO2. The van der Waals surface area contributed by atoms with Gasteiger partial charge < -0.3 is 4.42 Å². The zero-order chi connectivity index (χ0) is 15.1. The van der Waals surface area contributed by atoms with Crippen LogP contribution in [-0.2, 0) is 0 Å². The van der Waals surface area contributed by atoms with Gasteiger partial charge in [0, 0.05) is 16.1 Å². The molecule has 21 heavy (non-hydrogen) atoms. The number of benzene rings is 2. The summed E-state index contributed by atoms with van der Waals surface area (Å²) in [4.78, 5) is 12.3. The molecule has 0 saturated heterocycles. The Morgan fingerprint density at radius 2 is 1.71 bits per heavy atom. The Morgan fingerprint density at radius 1 is 0.952 bits per heavy atom. The molecule has 0 radical (unpaired) electrons. The summed E-state index contributed by atoms with van der Waals surface area (Å²) in [6.07, 6.45) is 0. The third-order valence-electron chi connectivity index (χ3n) is 4.01. The minimum Gasteiger partial charge on any atom is -0.456 e. The molecule has 0 amide bonds. The highest BCUT2D eigenvalue weighted by Gasteiger charge is 2.11. The lowest BCUT2D eigenvalue weighted by molar-refractivity contribution is 0.618. The molecule has 0 unspecified atom stereocenters. The molecule has 2 nitrogen and oxygen atoms in total. The van der Waals surface area contributed by atoms with Crippen LogP contribution in [0.5, 0.6) is 0 Å². The molecule has 3 rings (SSSR count). The van der Waals surface area contributed by atoms with Crippen molar-refractivity contribution in [3.05, 3.63) is 67.8 Å². The molecule has 0 aliphatic heterocycles. The van der Waals surface area contributed by atoms with Gasteiger partial charge in [-0.3, -0.25) is 4.79 Å². The summed E-state index contributed by atoms with van der Waals surface area (Å²) in [6.45, 7) is 6.23. The molecule has 1 aromatic heterocycles. The molecule has 2 aromatic carbocycles. The Bertz CT molecular complexity index is 907. The zero-order valence-electron chi connectivity index (χ0n) is 12.2. The van der Waals surface area contributed by atoms with E-state index in [1.54, 1.807) is 12.1 Å². The van der Waals surface area contributed by atoms with Crippen LogP contribution in [0.1, 0.15) is 16.7 Å². The largest absolute Gasteiger partial charge is 0.456 e. The molecule has 0 fully saturated rings. The maximum absolute atomic E-state index is 12.3. The quantitative estimate of drug-likeness (QED) is 0.612. The normalized spacial score (nSPS) is 11.0. The predicted molar refractivity (Wildman–Crippen MR) is 89.8 cm³/mol. The molecule has 0 N–H and O–H groups in total. The molecule has 3 heteroatoms. The second-order valence-electron chi connectivity index (χ2n) is 5.30. The van der Waals surface area contributed by atoms with Crippen LogP contribution >= 0.6 is 15.9 Å². The molecular weight excluding hydrogens is 328 g/mol. The predicted octanol–water partition coefficient (Wildman–Crippen LogP) is 5.15. The van der Waals surface area contributed by atoms with Crippen molar-refractivity contribution in [2.75, 3.05) is 0 Å². The van der Waals surface area contributed by atoms with Crippen molar-refractivity contribution in [1.29, 1.82) is 0 Å². The van der Waals surface area contributed by atoms with Gasteiger partial charge >= 0.3 is 0 Å². The number of hydrogen-bond donors (Lipinski definition) is 0. The number of fused-ring (bicyclic) bond motifs is 1. The fraction of sp³-hybridized carbons (Fsp3) is 0.167. The van der Waals surface area contributed by atoms with E-state index in [1.807, 2.05) is 18.2 Å². The van der Waals surface area contributed by atoms with Gasteiger partial charge in [-0.2, -0.15) is 0 Å². The molecule has 3 aromatic rings. The summed E-state index contributed by atoms with van der Waals surface area (Å²) in [6, 6.07) is 11.1. The first kappa shape index (κ1) is 14.1. The van der Waals surface area contributed by atoms with Crippen molar-refractivity contribution in [3.63, 3.8) is 0 Å². The molecule has 106 valence electrons. The fourth-order valence-corrected chi connectivity index (χ4v) is 2.85. The molecule has 1 heterocycles. The van der Waals surface area contributed by atoms with Crippen LogP contribution in [0.15, 0.2) is 50.1 Å². The van der Waals surface area contributed by atoms with E-state index in [1.165, 1.54) is 11.1 Å². The maximum Gasteiger partial charge on any atom is 0.193 e. The van der Waals surface area contributed by atoms with E-state index >= 15 is 0 Å². The Morgan fingerprint density at radius 3 is 2.48 bits per heavy atom. The SMILES string of the molecule is Cc1ccc(-c2cc(=O)c3cc(Br)ccc3o2)c(C)c1C. The highest BCUT2D eigenvalue weighted by molar-refractivity contribution is 9.10. The number of hydrogen-bond acceptors (Lipinski definition) is 2. The first-order valence-electron chi connectivity index (χ1n) is 6.78. The Kier molecular flexibility index (Phi) is 3.46. The Hall–Kier alpha value is -1.87. The van der Waals surface area contributed by atoms with Crippen LogP contribution in [0.2, 0.25) is 0 Å². The standard InChI is InChI=1S/C18H15BrO2/c1-10-4-6-14(12(3)11(10)2)18-9-16(20)15-8-13(19)5-7-17(15)21-18/h4-9H,1-3H3. The lowest BCUT2D eigenvalue weighted by Crippen LogP contribution is -2.01. The zero-order valence-corrected chi connectivity index (χ0v) is 13.7. The van der Waals surface area contributed by atoms with Crippen LogP contribution in [0.25, 0.3) is 22.3 Å². The molecule has 0 saturated carbocycles. The van der Waals surface area contributed by atoms with Crippen molar-refractivity contribution >= 4 is 26.9 Å². The van der Waals surface area contributed by atoms with E-state index in [2.05, 4.69) is 42.8 Å². The van der Waals surface area contributed by atoms with Gasteiger partial charge in [0.25, 0.3) is 0 Å². The van der Waals surface area contributed by atoms with E-state index in [4.69, 9.17) is 4.42 Å². The van der Waals surface area contributed by atoms with Crippen molar-refractivity contribution in [2.24, 2.45) is 0 Å². The Labute approximate surface area is 131 Å². The van der Waals surface area contributed by atoms with Gasteiger partial charge in [-0.1, -0.05) is 28.1 Å². The summed E-state index contributed by atoms with van der Waals surface area (Å²) >= 11 is 3.38. The van der Waals surface area contributed by atoms with Crippen molar-refractivity contribution < 1.29 is 4.42 Å². The molecule has 0 bridgehead atoms. The first-order valence-corrected chi connectivity index (χ1v) is 7.57. The maximum atomic E-state index is 12.3. The Balaban J connectivity index is 2.29. The average molecular weight is 343 g/mol. The number of halogens is 1. The third kappa shape index (κ3) is 2.42. The highest BCUT2D eigenvalue weighted by atomic mass is 79.9. The lowest BCUT2D eigenvalue weighted by Gasteiger charge is -2.11. The van der Waals surface area contributed by atoms with Gasteiger partial charge in [0.15, 0.2) is 5.43 Å². The second kappa shape index (κ2) is 5.15. The molecule has 0 aliphatic carbocycles. The van der Waals surface area contributed by atoms with Crippen LogP contribution in [-0.4, -0.2) is 0 Å². The van der Waals surface area contributed by atoms with Crippen LogP contribution < -0.4 is 5.43 Å². The third-order valence-corrected chi connectivity index (χ3v) is 4.51. The summed E-state index contributed by atoms with van der Waals surface area (Å²) in [5, 5.41) is 0.592. The van der Waals surface area contributed by atoms with E-state index in [0.717, 1.165) is 15.6 Å². The summed E-state index contributed by atoms with van der Waals surface area (Å²) in [7, 11) is 0. The van der Waals surface area contributed by atoms with Crippen molar-refractivity contribution in [3.8, 4) is 11.3 Å². The van der Waals surface area contributed by atoms with Gasteiger partial charge in [-0.05, 0) is 55.7 Å². The second-order valence-corrected chi connectivity index (χ2v) is 6.21. The average Bonchev–Trinajstić information content (AvgIpc) is 2.45. The topological polar surface area (TPSA) is 30.2 Å². The van der Waals surface area contributed by atoms with Crippen molar-refractivity contribution in [2.45, 2.75) is 20.8 Å². The van der Waals surface area contributed by atoms with E-state index in [-0.39, 0.29) is 5.43 Å².